The number of hydrogen-bond donors (Lipinski definition) is 2. The highest BCUT2D eigenvalue weighted by Gasteiger charge is 2.40. The monoisotopic (exact) mass is 360 g/mol. The third kappa shape index (κ3) is 4.62. The van der Waals surface area contributed by atoms with E-state index in [1.54, 1.807) is 26.2 Å². The van der Waals surface area contributed by atoms with Gasteiger partial charge in [-0.3, -0.25) is 14.4 Å². The van der Waals surface area contributed by atoms with Crippen LogP contribution in [0, 0.1) is 12.3 Å². The van der Waals surface area contributed by atoms with Crippen molar-refractivity contribution >= 4 is 23.5 Å². The molecule has 0 unspecified atom stereocenters. The van der Waals surface area contributed by atoms with Crippen molar-refractivity contribution in [1.29, 1.82) is 0 Å². The number of anilines is 1. The summed E-state index contributed by atoms with van der Waals surface area (Å²) >= 11 is 0. The molecule has 1 aliphatic rings. The number of carbonyl (C=O) groups is 3. The molecule has 1 aromatic rings. The number of benzene rings is 1. The predicted octanol–water partition coefficient (Wildman–Crippen LogP) is 3.45. The van der Waals surface area contributed by atoms with Gasteiger partial charge < -0.3 is 15.3 Å². The highest BCUT2D eigenvalue weighted by Crippen LogP contribution is 2.38. The van der Waals surface area contributed by atoms with E-state index >= 15 is 0 Å². The van der Waals surface area contributed by atoms with E-state index in [4.69, 9.17) is 0 Å². The van der Waals surface area contributed by atoms with Crippen LogP contribution >= 0.6 is 0 Å². The second-order valence-corrected chi connectivity index (χ2v) is 7.47. The number of carbonyl (C=O) groups excluding carboxylic acids is 2. The van der Waals surface area contributed by atoms with E-state index in [0.717, 1.165) is 31.2 Å². The Morgan fingerprint density at radius 1 is 1.12 bits per heavy atom. The van der Waals surface area contributed by atoms with Crippen LogP contribution in [0.2, 0.25) is 0 Å². The molecule has 1 saturated carbocycles. The van der Waals surface area contributed by atoms with E-state index < -0.39 is 11.4 Å². The molecule has 1 fully saturated rings. The van der Waals surface area contributed by atoms with Crippen LogP contribution in [-0.4, -0.2) is 41.9 Å². The first-order chi connectivity index (χ1) is 12.2. The molecule has 2 N–H and O–H groups in total. The summed E-state index contributed by atoms with van der Waals surface area (Å²) in [6.45, 7) is 1.88. The summed E-state index contributed by atoms with van der Waals surface area (Å²) in [5.41, 5.74) is 0.748. The minimum Gasteiger partial charge on any atom is -0.481 e. The lowest BCUT2D eigenvalue weighted by Crippen LogP contribution is -2.35. The summed E-state index contributed by atoms with van der Waals surface area (Å²) in [6, 6.07) is 5.25. The van der Waals surface area contributed by atoms with Gasteiger partial charge in [0.15, 0.2) is 0 Å². The zero-order valence-electron chi connectivity index (χ0n) is 15.8. The van der Waals surface area contributed by atoms with Crippen molar-refractivity contribution in [3.8, 4) is 0 Å². The highest BCUT2D eigenvalue weighted by atomic mass is 16.4. The number of aliphatic carboxylic acids is 1. The number of carboxylic acids is 1. The van der Waals surface area contributed by atoms with Gasteiger partial charge in [-0.1, -0.05) is 37.3 Å². The molecular weight excluding hydrogens is 332 g/mol. The first-order valence-corrected chi connectivity index (χ1v) is 9.11. The van der Waals surface area contributed by atoms with Crippen molar-refractivity contribution in [2.45, 2.75) is 51.9 Å². The molecular formula is C20H28N2O4. The second-order valence-electron chi connectivity index (χ2n) is 7.47. The fourth-order valence-corrected chi connectivity index (χ4v) is 3.56. The third-order valence-electron chi connectivity index (χ3n) is 5.10. The lowest BCUT2D eigenvalue weighted by molar-refractivity contribution is -0.152. The topological polar surface area (TPSA) is 86.7 Å². The van der Waals surface area contributed by atoms with Gasteiger partial charge in [-0.15, -0.1) is 0 Å². The first kappa shape index (κ1) is 19.9. The standard InChI is InChI=1S/C20H28N2O4/c1-14-8-9-16(15(12-14)18(24)22(2)3)21-17(23)13-20(19(25)26)10-6-4-5-7-11-20/h8-9,12H,4-7,10-11,13H2,1-3H3,(H,21,23)(H,25,26). The van der Waals surface area contributed by atoms with Crippen LogP contribution in [0.15, 0.2) is 18.2 Å². The molecule has 0 saturated heterocycles. The van der Waals surface area contributed by atoms with Gasteiger partial charge in [-0.05, 0) is 31.9 Å². The molecule has 2 amide bonds. The normalized spacial score (nSPS) is 16.4. The number of aryl methyl sites for hydroxylation is 1. The van der Waals surface area contributed by atoms with E-state index in [-0.39, 0.29) is 18.2 Å². The highest BCUT2D eigenvalue weighted by molar-refractivity contribution is 6.04. The van der Waals surface area contributed by atoms with Crippen LogP contribution < -0.4 is 5.32 Å². The number of amides is 2. The minimum atomic E-state index is -1.00. The van der Waals surface area contributed by atoms with Crippen molar-refractivity contribution in [2.75, 3.05) is 19.4 Å². The van der Waals surface area contributed by atoms with Gasteiger partial charge in [-0.25, -0.2) is 0 Å². The summed E-state index contributed by atoms with van der Waals surface area (Å²) in [7, 11) is 3.31. The molecule has 0 aliphatic heterocycles. The largest absolute Gasteiger partial charge is 0.481 e. The first-order valence-electron chi connectivity index (χ1n) is 9.11. The van der Waals surface area contributed by atoms with E-state index in [1.165, 1.54) is 4.90 Å². The lowest BCUT2D eigenvalue weighted by Gasteiger charge is -2.27. The quantitative estimate of drug-likeness (QED) is 0.788. The number of rotatable bonds is 5. The van der Waals surface area contributed by atoms with Crippen molar-refractivity contribution in [3.05, 3.63) is 29.3 Å². The van der Waals surface area contributed by atoms with E-state index in [1.807, 2.05) is 13.0 Å². The molecule has 6 heteroatoms. The Morgan fingerprint density at radius 2 is 1.73 bits per heavy atom. The van der Waals surface area contributed by atoms with E-state index in [2.05, 4.69) is 5.32 Å². The Bertz CT molecular complexity index is 689. The van der Waals surface area contributed by atoms with Crippen LogP contribution in [-0.2, 0) is 9.59 Å². The summed E-state index contributed by atoms with van der Waals surface area (Å²) in [5, 5.41) is 12.5. The SMILES string of the molecule is Cc1ccc(NC(=O)CC2(C(=O)O)CCCCCC2)c(C(=O)N(C)C)c1. The molecule has 0 bridgehead atoms. The maximum absolute atomic E-state index is 12.6. The molecule has 26 heavy (non-hydrogen) atoms. The van der Waals surface area contributed by atoms with Gasteiger partial charge in [-0.2, -0.15) is 0 Å². The van der Waals surface area contributed by atoms with Gasteiger partial charge in [0.05, 0.1) is 16.7 Å². The van der Waals surface area contributed by atoms with Crippen LogP contribution in [0.25, 0.3) is 0 Å². The van der Waals surface area contributed by atoms with Crippen LogP contribution in [0.3, 0.4) is 0 Å². The molecule has 0 radical (unpaired) electrons. The predicted molar refractivity (Wildman–Crippen MR) is 100 cm³/mol. The van der Waals surface area contributed by atoms with Gasteiger partial charge in [0.1, 0.15) is 0 Å². The van der Waals surface area contributed by atoms with E-state index in [9.17, 15) is 19.5 Å². The summed E-state index contributed by atoms with van der Waals surface area (Å²) < 4.78 is 0. The fourth-order valence-electron chi connectivity index (χ4n) is 3.56. The number of nitrogens with one attached hydrogen (secondary N) is 1. The molecule has 6 nitrogen and oxygen atoms in total. The Balaban J connectivity index is 2.21. The van der Waals surface area contributed by atoms with Crippen molar-refractivity contribution < 1.29 is 19.5 Å². The average Bonchev–Trinajstić information content (AvgIpc) is 2.82. The Hall–Kier alpha value is -2.37. The second kappa shape index (κ2) is 8.34. The Kier molecular flexibility index (Phi) is 6.40. The average molecular weight is 360 g/mol. The summed E-state index contributed by atoms with van der Waals surface area (Å²) in [4.78, 5) is 38.4. The van der Waals surface area contributed by atoms with Crippen molar-refractivity contribution in [3.63, 3.8) is 0 Å². The molecule has 0 heterocycles. The van der Waals surface area contributed by atoms with Crippen LogP contribution in [0.1, 0.15) is 60.9 Å². The zero-order chi connectivity index (χ0) is 19.3. The van der Waals surface area contributed by atoms with Crippen LogP contribution in [0.5, 0.6) is 0 Å². The summed E-state index contributed by atoms with van der Waals surface area (Å²) in [6.07, 6.45) is 4.65. The van der Waals surface area contributed by atoms with Crippen molar-refractivity contribution in [2.24, 2.45) is 5.41 Å². The lowest BCUT2D eigenvalue weighted by atomic mass is 9.77. The zero-order valence-corrected chi connectivity index (χ0v) is 15.8. The summed E-state index contributed by atoms with van der Waals surface area (Å²) in [5.74, 6) is -1.46. The van der Waals surface area contributed by atoms with Crippen LogP contribution in [0.4, 0.5) is 5.69 Å². The van der Waals surface area contributed by atoms with Gasteiger partial charge >= 0.3 is 5.97 Å². The molecule has 2 rings (SSSR count). The van der Waals surface area contributed by atoms with Gasteiger partial charge in [0.25, 0.3) is 5.91 Å². The van der Waals surface area contributed by atoms with Gasteiger partial charge in [0, 0.05) is 20.5 Å². The van der Waals surface area contributed by atoms with E-state index in [0.29, 0.717) is 24.1 Å². The minimum absolute atomic E-state index is 0.0637. The Morgan fingerprint density at radius 3 is 2.27 bits per heavy atom. The maximum atomic E-state index is 12.6. The molecule has 0 aromatic heterocycles. The molecule has 142 valence electrons. The number of carboxylic acid groups (broad SMARTS) is 1. The molecule has 0 spiro atoms. The number of hydrogen-bond acceptors (Lipinski definition) is 3. The fraction of sp³-hybridized carbons (Fsp3) is 0.550. The molecule has 1 aromatic carbocycles. The van der Waals surface area contributed by atoms with Crippen molar-refractivity contribution in [1.82, 2.24) is 4.90 Å². The maximum Gasteiger partial charge on any atom is 0.310 e. The molecule has 0 atom stereocenters. The smallest absolute Gasteiger partial charge is 0.310 e. The molecule has 1 aliphatic carbocycles. The third-order valence-corrected chi connectivity index (χ3v) is 5.10. The Labute approximate surface area is 154 Å². The number of nitrogens with zero attached hydrogens (tertiary/aromatic N) is 1. The van der Waals surface area contributed by atoms with Gasteiger partial charge in [0.2, 0.25) is 5.91 Å².